The van der Waals surface area contributed by atoms with Gasteiger partial charge in [-0.3, -0.25) is 19.8 Å². The smallest absolute Gasteiger partial charge is 0.416 e. The first kappa shape index (κ1) is 22.8. The van der Waals surface area contributed by atoms with Crippen molar-refractivity contribution >= 4 is 52.5 Å². The molecule has 0 unspecified atom stereocenters. The number of hydrogen-bond donors (Lipinski definition) is 1. The molecule has 2 aromatic carbocycles. The Hall–Kier alpha value is -3.43. The molecule has 1 N–H and O–H groups in total. The number of benzene rings is 2. The number of carbonyl (C=O) groups excluding carboxylic acids is 2. The molecule has 0 aliphatic carbocycles. The number of alkyl halides is 3. The number of amides is 2. The summed E-state index contributed by atoms with van der Waals surface area (Å²) in [5.41, 5.74) is 0.217. The molecule has 1 aromatic heterocycles. The maximum Gasteiger partial charge on any atom is 0.416 e. The first-order chi connectivity index (χ1) is 15.5. The zero-order valence-corrected chi connectivity index (χ0v) is 18.4. The predicted octanol–water partition coefficient (Wildman–Crippen LogP) is 5.76. The highest BCUT2D eigenvalue weighted by atomic mass is 35.5. The Morgan fingerprint density at radius 2 is 1.85 bits per heavy atom. The minimum atomic E-state index is -4.61. The van der Waals surface area contributed by atoms with Gasteiger partial charge in [-0.1, -0.05) is 23.7 Å². The number of furan rings is 1. The molecule has 168 valence electrons. The number of anilines is 1. The standard InChI is InChI=1S/C23H14ClF3N2O3S/c1-12-5-6-14(24)10-17(12)19-8-7-16(32-19)11-18-20(30)28-22(33)29(21(18)31)15-4-2-3-13(9-15)23(25,26)27/h2-11H,1H3,(H,28,30,33)/b18-11+. The zero-order chi connectivity index (χ0) is 23.9. The van der Waals surface area contributed by atoms with Gasteiger partial charge in [0, 0.05) is 10.6 Å². The number of halogens is 4. The highest BCUT2D eigenvalue weighted by Gasteiger charge is 2.36. The van der Waals surface area contributed by atoms with E-state index in [1.807, 2.05) is 13.0 Å². The molecule has 1 aliphatic rings. The summed E-state index contributed by atoms with van der Waals surface area (Å²) in [6.07, 6.45) is -3.40. The third-order valence-electron chi connectivity index (χ3n) is 4.91. The van der Waals surface area contributed by atoms with Crippen molar-refractivity contribution in [3.05, 3.63) is 82.1 Å². The molecule has 0 bridgehead atoms. The third kappa shape index (κ3) is 4.55. The average Bonchev–Trinajstić information content (AvgIpc) is 3.21. The van der Waals surface area contributed by atoms with Crippen LogP contribution in [-0.2, 0) is 15.8 Å². The Morgan fingerprint density at radius 1 is 1.09 bits per heavy atom. The maximum absolute atomic E-state index is 13.1. The molecule has 1 fully saturated rings. The van der Waals surface area contributed by atoms with Gasteiger partial charge in [-0.15, -0.1) is 0 Å². The maximum atomic E-state index is 13.1. The summed E-state index contributed by atoms with van der Waals surface area (Å²) in [6, 6.07) is 12.6. The monoisotopic (exact) mass is 490 g/mol. The highest BCUT2D eigenvalue weighted by Crippen LogP contribution is 2.33. The van der Waals surface area contributed by atoms with Crippen molar-refractivity contribution in [3.63, 3.8) is 0 Å². The van der Waals surface area contributed by atoms with E-state index in [1.54, 1.807) is 24.3 Å². The summed E-state index contributed by atoms with van der Waals surface area (Å²) in [5.74, 6) is -1.000. The molecule has 0 radical (unpaired) electrons. The number of carbonyl (C=O) groups is 2. The van der Waals surface area contributed by atoms with Gasteiger partial charge in [-0.05, 0) is 73.2 Å². The third-order valence-corrected chi connectivity index (χ3v) is 5.43. The number of rotatable bonds is 3. The molecule has 1 aliphatic heterocycles. The lowest BCUT2D eigenvalue weighted by Crippen LogP contribution is -2.54. The first-order valence-corrected chi connectivity index (χ1v) is 10.3. The van der Waals surface area contributed by atoms with Crippen LogP contribution in [0.25, 0.3) is 17.4 Å². The summed E-state index contributed by atoms with van der Waals surface area (Å²) in [4.78, 5) is 26.3. The van der Waals surface area contributed by atoms with Crippen molar-refractivity contribution < 1.29 is 27.2 Å². The van der Waals surface area contributed by atoms with E-state index >= 15 is 0 Å². The minimum absolute atomic E-state index is 0.125. The van der Waals surface area contributed by atoms with Crippen LogP contribution in [0.4, 0.5) is 18.9 Å². The second-order valence-electron chi connectivity index (χ2n) is 7.17. The summed E-state index contributed by atoms with van der Waals surface area (Å²) in [5, 5.41) is 2.52. The Morgan fingerprint density at radius 3 is 2.58 bits per heavy atom. The number of hydrogen-bond acceptors (Lipinski definition) is 4. The Balaban J connectivity index is 1.70. The highest BCUT2D eigenvalue weighted by molar-refractivity contribution is 7.80. The molecular formula is C23H14ClF3N2O3S. The second kappa shape index (κ2) is 8.49. The lowest BCUT2D eigenvalue weighted by molar-refractivity contribution is -0.137. The van der Waals surface area contributed by atoms with Gasteiger partial charge >= 0.3 is 6.18 Å². The van der Waals surface area contributed by atoms with Crippen molar-refractivity contribution in [1.29, 1.82) is 0 Å². The van der Waals surface area contributed by atoms with E-state index in [0.717, 1.165) is 34.2 Å². The molecule has 33 heavy (non-hydrogen) atoms. The van der Waals surface area contributed by atoms with E-state index in [9.17, 15) is 22.8 Å². The predicted molar refractivity (Wildman–Crippen MR) is 122 cm³/mol. The average molecular weight is 491 g/mol. The van der Waals surface area contributed by atoms with E-state index in [-0.39, 0.29) is 22.1 Å². The minimum Gasteiger partial charge on any atom is -0.457 e. The molecule has 0 atom stereocenters. The summed E-state index contributed by atoms with van der Waals surface area (Å²) in [7, 11) is 0. The van der Waals surface area contributed by atoms with Crippen molar-refractivity contribution in [2.45, 2.75) is 13.1 Å². The van der Waals surface area contributed by atoms with Crippen LogP contribution in [0.15, 0.2) is 64.6 Å². The number of thiocarbonyl (C=S) groups is 1. The van der Waals surface area contributed by atoms with E-state index in [1.165, 1.54) is 12.1 Å². The Kier molecular flexibility index (Phi) is 5.85. The van der Waals surface area contributed by atoms with E-state index in [2.05, 4.69) is 5.32 Å². The molecular weight excluding hydrogens is 477 g/mol. The van der Waals surface area contributed by atoms with Crippen molar-refractivity contribution in [2.24, 2.45) is 0 Å². The summed E-state index contributed by atoms with van der Waals surface area (Å²) in [6.45, 7) is 1.87. The molecule has 5 nitrogen and oxygen atoms in total. The topological polar surface area (TPSA) is 62.6 Å². The molecule has 1 saturated heterocycles. The molecule has 0 saturated carbocycles. The number of nitrogens with zero attached hydrogens (tertiary/aromatic N) is 1. The van der Waals surface area contributed by atoms with E-state index in [0.29, 0.717) is 10.8 Å². The molecule has 0 spiro atoms. The first-order valence-electron chi connectivity index (χ1n) is 9.49. The lowest BCUT2D eigenvalue weighted by Gasteiger charge is -2.29. The number of aryl methyl sites for hydroxylation is 1. The molecule has 10 heteroatoms. The lowest BCUT2D eigenvalue weighted by atomic mass is 10.1. The van der Waals surface area contributed by atoms with Gasteiger partial charge in [0.15, 0.2) is 5.11 Å². The van der Waals surface area contributed by atoms with Crippen molar-refractivity contribution in [3.8, 4) is 11.3 Å². The van der Waals surface area contributed by atoms with Crippen LogP contribution in [0.3, 0.4) is 0 Å². The number of nitrogens with one attached hydrogen (secondary N) is 1. The summed E-state index contributed by atoms with van der Waals surface area (Å²) < 4.78 is 45.1. The largest absolute Gasteiger partial charge is 0.457 e. The van der Waals surface area contributed by atoms with Gasteiger partial charge in [-0.2, -0.15) is 13.2 Å². The SMILES string of the molecule is Cc1ccc(Cl)cc1-c1ccc(/C=C2\C(=O)NC(=S)N(c3cccc(C(F)(F)F)c3)C2=O)o1. The van der Waals surface area contributed by atoms with E-state index < -0.39 is 23.6 Å². The summed E-state index contributed by atoms with van der Waals surface area (Å²) >= 11 is 11.1. The Bertz CT molecular complexity index is 1330. The van der Waals surface area contributed by atoms with Gasteiger partial charge in [0.1, 0.15) is 17.1 Å². The van der Waals surface area contributed by atoms with Crippen LogP contribution in [0, 0.1) is 6.92 Å². The van der Waals surface area contributed by atoms with Crippen LogP contribution < -0.4 is 10.2 Å². The zero-order valence-electron chi connectivity index (χ0n) is 16.9. The second-order valence-corrected chi connectivity index (χ2v) is 7.99. The van der Waals surface area contributed by atoms with Gasteiger partial charge in [-0.25, -0.2) is 0 Å². The molecule has 2 heterocycles. The quantitative estimate of drug-likeness (QED) is 0.288. The fourth-order valence-electron chi connectivity index (χ4n) is 3.29. The van der Waals surface area contributed by atoms with E-state index in [4.69, 9.17) is 28.2 Å². The van der Waals surface area contributed by atoms with Crippen LogP contribution in [-0.4, -0.2) is 16.9 Å². The van der Waals surface area contributed by atoms with Gasteiger partial charge in [0.2, 0.25) is 0 Å². The van der Waals surface area contributed by atoms with Gasteiger partial charge < -0.3 is 4.42 Å². The van der Waals surface area contributed by atoms with Crippen LogP contribution >= 0.6 is 23.8 Å². The molecule has 4 rings (SSSR count). The van der Waals surface area contributed by atoms with Crippen molar-refractivity contribution in [1.82, 2.24) is 5.32 Å². The normalized spacial score (nSPS) is 15.8. The van der Waals surface area contributed by atoms with Crippen molar-refractivity contribution in [2.75, 3.05) is 4.90 Å². The van der Waals surface area contributed by atoms with Crippen LogP contribution in [0.2, 0.25) is 5.02 Å². The fraction of sp³-hybridized carbons (Fsp3) is 0.0870. The fourth-order valence-corrected chi connectivity index (χ4v) is 3.74. The Labute approximate surface area is 196 Å². The van der Waals surface area contributed by atoms with Crippen LogP contribution in [0.5, 0.6) is 0 Å². The van der Waals surface area contributed by atoms with Crippen LogP contribution in [0.1, 0.15) is 16.9 Å². The van der Waals surface area contributed by atoms with Gasteiger partial charge in [0.25, 0.3) is 11.8 Å². The van der Waals surface area contributed by atoms with Gasteiger partial charge in [0.05, 0.1) is 11.3 Å². The molecule has 2 amide bonds. The molecule has 3 aromatic rings.